The zero-order chi connectivity index (χ0) is 11.5. The predicted molar refractivity (Wildman–Crippen MR) is 58.3 cm³/mol. The van der Waals surface area contributed by atoms with Crippen LogP contribution in [-0.2, 0) is 4.79 Å². The highest BCUT2D eigenvalue weighted by atomic mass is 16.6. The van der Waals surface area contributed by atoms with Crippen LogP contribution in [0.5, 0.6) is 5.75 Å². The topological polar surface area (TPSA) is 84.6 Å². The molecule has 1 aromatic carbocycles. The first kappa shape index (κ1) is 13.4. The van der Waals surface area contributed by atoms with Gasteiger partial charge < -0.3 is 20.5 Å². The van der Waals surface area contributed by atoms with Gasteiger partial charge in [-0.05, 0) is 24.3 Å². The lowest BCUT2D eigenvalue weighted by Crippen LogP contribution is -2.19. The van der Waals surface area contributed by atoms with Crippen molar-refractivity contribution >= 4 is 12.0 Å². The van der Waals surface area contributed by atoms with Crippen LogP contribution < -0.4 is 16.1 Å². The molecule has 0 spiro atoms. The Hall–Kier alpha value is -1.59. The largest absolute Gasteiger partial charge is 0.409 e. The van der Waals surface area contributed by atoms with Gasteiger partial charge in [-0.15, -0.1) is 0 Å². The summed E-state index contributed by atoms with van der Waals surface area (Å²) >= 11 is 0. The molecule has 0 saturated heterocycles. The molecular weight excluding hydrogens is 196 g/mol. The van der Waals surface area contributed by atoms with Gasteiger partial charge in [0, 0.05) is 25.8 Å². The highest BCUT2D eigenvalue weighted by molar-refractivity contribution is 5.49. The molecule has 0 amide bonds. The number of nitrogens with two attached hydrogens (primary N) is 1. The zero-order valence-corrected chi connectivity index (χ0v) is 8.64. The second-order valence-corrected chi connectivity index (χ2v) is 2.52. The van der Waals surface area contributed by atoms with E-state index >= 15 is 0 Å². The normalized spacial score (nSPS) is 8.67. The van der Waals surface area contributed by atoms with Crippen molar-refractivity contribution < 1.29 is 14.7 Å². The Labute approximate surface area is 88.8 Å². The van der Waals surface area contributed by atoms with Crippen molar-refractivity contribution in [1.29, 1.82) is 0 Å². The molecule has 0 aliphatic carbocycles. The Bertz CT molecular complexity index is 262. The molecule has 0 bridgehead atoms. The minimum atomic E-state index is 0.439. The van der Waals surface area contributed by atoms with Gasteiger partial charge in [0.05, 0.1) is 0 Å². The van der Waals surface area contributed by atoms with Crippen LogP contribution in [0.4, 0.5) is 5.69 Å². The van der Waals surface area contributed by atoms with Gasteiger partial charge in [0.15, 0.2) is 0 Å². The number of anilines is 1. The van der Waals surface area contributed by atoms with E-state index in [0.29, 0.717) is 24.4 Å². The van der Waals surface area contributed by atoms with E-state index in [9.17, 15) is 4.79 Å². The molecular formula is C10H16N2O3. The standard InChI is InChI=1S/C9H12N2O2.CH4O/c10-8-2-4-9(5-3-8)13-11-6-1-7-12;1-2/h2-5,7,11H,1,6,10H2;2H,1H3. The Balaban J connectivity index is 0.000000921. The molecule has 0 radical (unpaired) electrons. The molecule has 5 nitrogen and oxygen atoms in total. The van der Waals surface area contributed by atoms with Crippen LogP contribution in [0.15, 0.2) is 24.3 Å². The molecule has 0 aliphatic rings. The Morgan fingerprint density at radius 1 is 1.40 bits per heavy atom. The second kappa shape index (κ2) is 8.98. The summed E-state index contributed by atoms with van der Waals surface area (Å²) in [6.45, 7) is 0.508. The van der Waals surface area contributed by atoms with Crippen molar-refractivity contribution in [3.8, 4) is 5.75 Å². The highest BCUT2D eigenvalue weighted by Crippen LogP contribution is 2.11. The summed E-state index contributed by atoms with van der Waals surface area (Å²) in [5.41, 5.74) is 8.83. The van der Waals surface area contributed by atoms with Crippen molar-refractivity contribution in [2.45, 2.75) is 6.42 Å². The average molecular weight is 212 g/mol. The van der Waals surface area contributed by atoms with Crippen molar-refractivity contribution in [2.24, 2.45) is 0 Å². The molecule has 1 aromatic rings. The molecule has 0 heterocycles. The number of nitrogens with one attached hydrogen (secondary N) is 1. The third-order valence-corrected chi connectivity index (χ3v) is 1.43. The van der Waals surface area contributed by atoms with E-state index in [0.717, 1.165) is 13.4 Å². The van der Waals surface area contributed by atoms with Crippen LogP contribution in [0.25, 0.3) is 0 Å². The monoisotopic (exact) mass is 212 g/mol. The minimum Gasteiger partial charge on any atom is -0.409 e. The van der Waals surface area contributed by atoms with Crippen LogP contribution in [0, 0.1) is 0 Å². The number of hydroxylamine groups is 1. The quantitative estimate of drug-likeness (QED) is 0.284. The van der Waals surface area contributed by atoms with Gasteiger partial charge in [0.2, 0.25) is 0 Å². The third-order valence-electron chi connectivity index (χ3n) is 1.43. The molecule has 0 atom stereocenters. The van der Waals surface area contributed by atoms with Gasteiger partial charge in [0.25, 0.3) is 0 Å². The van der Waals surface area contributed by atoms with Gasteiger partial charge in [-0.25, -0.2) is 0 Å². The lowest BCUT2D eigenvalue weighted by molar-refractivity contribution is -0.108. The molecule has 4 N–H and O–H groups in total. The number of rotatable bonds is 5. The van der Waals surface area contributed by atoms with Crippen LogP contribution in [-0.4, -0.2) is 25.0 Å². The summed E-state index contributed by atoms with van der Waals surface area (Å²) < 4.78 is 0. The minimum absolute atomic E-state index is 0.439. The summed E-state index contributed by atoms with van der Waals surface area (Å²) in [5, 5.41) is 7.00. The fraction of sp³-hybridized carbons (Fsp3) is 0.300. The van der Waals surface area contributed by atoms with E-state index in [1.54, 1.807) is 24.3 Å². The first-order valence-electron chi connectivity index (χ1n) is 4.46. The molecule has 0 unspecified atom stereocenters. The van der Waals surface area contributed by atoms with Crippen LogP contribution in [0.3, 0.4) is 0 Å². The van der Waals surface area contributed by atoms with E-state index in [-0.39, 0.29) is 0 Å². The second-order valence-electron chi connectivity index (χ2n) is 2.52. The highest BCUT2D eigenvalue weighted by Gasteiger charge is 1.91. The molecule has 0 aliphatic heterocycles. The predicted octanol–water partition coefficient (Wildman–Crippen LogP) is 0.350. The number of carbonyl (C=O) groups excluding carboxylic acids is 1. The van der Waals surface area contributed by atoms with E-state index in [2.05, 4.69) is 5.48 Å². The molecule has 0 saturated carbocycles. The number of benzene rings is 1. The smallest absolute Gasteiger partial charge is 0.147 e. The number of hydrogen-bond acceptors (Lipinski definition) is 5. The van der Waals surface area contributed by atoms with Crippen LogP contribution in [0.2, 0.25) is 0 Å². The average Bonchev–Trinajstić information content (AvgIpc) is 2.30. The van der Waals surface area contributed by atoms with E-state index in [4.69, 9.17) is 15.7 Å². The summed E-state index contributed by atoms with van der Waals surface area (Å²) in [6.07, 6.45) is 1.27. The summed E-state index contributed by atoms with van der Waals surface area (Å²) in [7, 11) is 1.00. The number of aliphatic hydroxyl groups is 1. The maximum absolute atomic E-state index is 9.95. The van der Waals surface area contributed by atoms with Crippen molar-refractivity contribution in [2.75, 3.05) is 19.4 Å². The number of carbonyl (C=O) groups is 1. The number of hydrogen-bond donors (Lipinski definition) is 3. The van der Waals surface area contributed by atoms with Gasteiger partial charge in [-0.1, -0.05) is 0 Å². The third kappa shape index (κ3) is 6.48. The van der Waals surface area contributed by atoms with E-state index in [1.165, 1.54) is 0 Å². The lowest BCUT2D eigenvalue weighted by atomic mass is 10.3. The fourth-order valence-electron chi connectivity index (χ4n) is 0.788. The summed E-state index contributed by atoms with van der Waals surface area (Å²) in [6, 6.07) is 7.00. The van der Waals surface area contributed by atoms with Crippen molar-refractivity contribution in [3.63, 3.8) is 0 Å². The number of nitrogen functional groups attached to an aromatic ring is 1. The molecule has 15 heavy (non-hydrogen) atoms. The maximum Gasteiger partial charge on any atom is 0.147 e. The Morgan fingerprint density at radius 2 is 2.00 bits per heavy atom. The van der Waals surface area contributed by atoms with Crippen molar-refractivity contribution in [3.05, 3.63) is 24.3 Å². The summed E-state index contributed by atoms with van der Waals surface area (Å²) in [5.74, 6) is 0.681. The molecule has 1 rings (SSSR count). The number of aliphatic hydroxyl groups excluding tert-OH is 1. The first-order valence-corrected chi connectivity index (χ1v) is 4.46. The van der Waals surface area contributed by atoms with Crippen molar-refractivity contribution in [1.82, 2.24) is 5.48 Å². The van der Waals surface area contributed by atoms with Crippen LogP contribution in [0.1, 0.15) is 6.42 Å². The number of aldehydes is 1. The fourth-order valence-corrected chi connectivity index (χ4v) is 0.788. The van der Waals surface area contributed by atoms with Gasteiger partial charge in [-0.2, -0.15) is 5.48 Å². The molecule has 0 aromatic heterocycles. The van der Waals surface area contributed by atoms with E-state index < -0.39 is 0 Å². The van der Waals surface area contributed by atoms with E-state index in [1.807, 2.05) is 0 Å². The maximum atomic E-state index is 9.95. The zero-order valence-electron chi connectivity index (χ0n) is 8.64. The summed E-state index contributed by atoms with van der Waals surface area (Å²) in [4.78, 5) is 15.0. The first-order chi connectivity index (χ1) is 7.33. The molecule has 5 heteroatoms. The van der Waals surface area contributed by atoms with Gasteiger partial charge >= 0.3 is 0 Å². The van der Waals surface area contributed by atoms with Crippen LogP contribution >= 0.6 is 0 Å². The SMILES string of the molecule is CO.Nc1ccc(ONCCC=O)cc1. The molecule has 0 fully saturated rings. The Morgan fingerprint density at radius 3 is 2.53 bits per heavy atom. The lowest BCUT2D eigenvalue weighted by Gasteiger charge is -2.04. The Kier molecular flexibility index (Phi) is 8.03. The van der Waals surface area contributed by atoms with Gasteiger partial charge in [0.1, 0.15) is 12.0 Å². The van der Waals surface area contributed by atoms with Gasteiger partial charge in [-0.3, -0.25) is 0 Å². The molecule has 84 valence electrons.